The van der Waals surface area contributed by atoms with Gasteiger partial charge in [-0.15, -0.1) is 0 Å². The molecular formula is C23H28O8. The maximum absolute atomic E-state index is 13.0. The minimum Gasteiger partial charge on any atom is -0.472 e. The molecule has 8 heteroatoms. The fourth-order valence-corrected chi connectivity index (χ4v) is 6.26. The summed E-state index contributed by atoms with van der Waals surface area (Å²) in [5.41, 5.74) is -0.358. The molecule has 2 unspecified atom stereocenters. The number of hydrogen-bond donors (Lipinski definition) is 1. The molecule has 0 amide bonds. The Labute approximate surface area is 180 Å². The summed E-state index contributed by atoms with van der Waals surface area (Å²) in [6, 6.07) is 1.75. The first kappa shape index (κ1) is 21.6. The molecular weight excluding hydrogens is 404 g/mol. The highest BCUT2D eigenvalue weighted by Gasteiger charge is 2.65. The van der Waals surface area contributed by atoms with Gasteiger partial charge in [-0.25, -0.2) is 4.79 Å². The van der Waals surface area contributed by atoms with Crippen LogP contribution in [0.1, 0.15) is 51.7 Å². The molecule has 0 bridgehead atoms. The summed E-state index contributed by atoms with van der Waals surface area (Å²) in [5.74, 6) is -2.40. The molecule has 8 nitrogen and oxygen atoms in total. The molecule has 168 valence electrons. The minimum atomic E-state index is -1.09. The summed E-state index contributed by atoms with van der Waals surface area (Å²) in [4.78, 5) is 37.5. The maximum Gasteiger partial charge on any atom is 0.334 e. The summed E-state index contributed by atoms with van der Waals surface area (Å²) in [6.07, 6.45) is 3.40. The summed E-state index contributed by atoms with van der Waals surface area (Å²) in [5, 5.41) is 11.4. The molecule has 0 radical (unpaired) electrons. The van der Waals surface area contributed by atoms with Crippen molar-refractivity contribution >= 4 is 17.9 Å². The van der Waals surface area contributed by atoms with Gasteiger partial charge in [-0.1, -0.05) is 13.8 Å². The number of cyclic esters (lactones) is 1. The predicted octanol–water partition coefficient (Wildman–Crippen LogP) is 2.71. The van der Waals surface area contributed by atoms with Crippen LogP contribution in [0.5, 0.6) is 0 Å². The number of esters is 3. The maximum atomic E-state index is 13.0. The zero-order valence-corrected chi connectivity index (χ0v) is 18.1. The number of ether oxygens (including phenoxy) is 3. The van der Waals surface area contributed by atoms with Crippen molar-refractivity contribution in [1.29, 1.82) is 0 Å². The molecule has 31 heavy (non-hydrogen) atoms. The number of fused-ring (bicyclic) bond motifs is 3. The third-order valence-electron chi connectivity index (χ3n) is 7.56. The molecule has 1 aliphatic heterocycles. The van der Waals surface area contributed by atoms with Crippen LogP contribution in [0.15, 0.2) is 34.7 Å². The van der Waals surface area contributed by atoms with Crippen molar-refractivity contribution in [1.82, 2.24) is 0 Å². The highest BCUT2D eigenvalue weighted by molar-refractivity contribution is 5.91. The molecule has 1 N–H and O–H groups in total. The van der Waals surface area contributed by atoms with Crippen LogP contribution < -0.4 is 0 Å². The SMILES string of the molecule is COC(=O)C1=C[C@H](OC(C)=O)C(O)C2[C@@]1(C)CC[C@@H]1C(=O)O[C@H](c3ccoc3)C[C@]21C. The molecule has 2 fully saturated rings. The van der Waals surface area contributed by atoms with Crippen LogP contribution in [0.25, 0.3) is 0 Å². The van der Waals surface area contributed by atoms with Gasteiger partial charge in [0.05, 0.1) is 31.7 Å². The second-order valence-corrected chi connectivity index (χ2v) is 9.32. The Hall–Kier alpha value is -2.61. The second-order valence-electron chi connectivity index (χ2n) is 9.32. The Morgan fingerprint density at radius 1 is 1.29 bits per heavy atom. The van der Waals surface area contributed by atoms with Crippen LogP contribution in [0.3, 0.4) is 0 Å². The van der Waals surface area contributed by atoms with E-state index in [1.807, 2.05) is 13.8 Å². The molecule has 4 rings (SSSR count). The van der Waals surface area contributed by atoms with E-state index in [0.29, 0.717) is 24.8 Å². The first-order chi connectivity index (χ1) is 14.6. The Bertz CT molecular complexity index is 918. The van der Waals surface area contributed by atoms with Gasteiger partial charge in [0.25, 0.3) is 0 Å². The third kappa shape index (κ3) is 3.28. The Morgan fingerprint density at radius 3 is 2.65 bits per heavy atom. The molecule has 1 saturated heterocycles. The lowest BCUT2D eigenvalue weighted by Crippen LogP contribution is -2.63. The Morgan fingerprint density at radius 2 is 2.03 bits per heavy atom. The van der Waals surface area contributed by atoms with Gasteiger partial charge in [-0.3, -0.25) is 9.59 Å². The van der Waals surface area contributed by atoms with E-state index < -0.39 is 52.9 Å². The molecule has 7 atom stereocenters. The molecule has 0 aromatic carbocycles. The van der Waals surface area contributed by atoms with Crippen LogP contribution in [-0.4, -0.2) is 42.3 Å². The van der Waals surface area contributed by atoms with Gasteiger partial charge in [-0.05, 0) is 36.8 Å². The molecule has 2 aliphatic carbocycles. The Kier molecular flexibility index (Phi) is 5.24. The standard InChI is InChI=1S/C23H28O8/c1-12(24)30-16-9-15(20(26)28-4)22(2)7-5-14-21(27)31-17(13-6-8-29-11-13)10-23(14,3)19(22)18(16)25/h6,8-9,11,14,16-19,25H,5,7,10H2,1-4H3/t14-,16+,17+,18?,19?,22+,23+/m1/s1. The number of carbonyl (C=O) groups excluding carboxylic acids is 3. The van der Waals surface area contributed by atoms with Gasteiger partial charge in [0.15, 0.2) is 0 Å². The van der Waals surface area contributed by atoms with Crippen LogP contribution in [0.4, 0.5) is 0 Å². The highest BCUT2D eigenvalue weighted by Crippen LogP contribution is 2.65. The van der Waals surface area contributed by atoms with Gasteiger partial charge in [-0.2, -0.15) is 0 Å². The lowest BCUT2D eigenvalue weighted by molar-refractivity contribution is -0.210. The number of methoxy groups -OCH3 is 1. The lowest BCUT2D eigenvalue weighted by Gasteiger charge is -2.61. The largest absolute Gasteiger partial charge is 0.472 e. The van der Waals surface area contributed by atoms with E-state index in [2.05, 4.69) is 0 Å². The van der Waals surface area contributed by atoms with Crippen LogP contribution in [0, 0.1) is 22.7 Å². The lowest BCUT2D eigenvalue weighted by atomic mass is 9.44. The van der Waals surface area contributed by atoms with E-state index in [9.17, 15) is 19.5 Å². The van der Waals surface area contributed by atoms with Gasteiger partial charge in [0, 0.05) is 29.4 Å². The van der Waals surface area contributed by atoms with Crippen molar-refractivity contribution in [2.24, 2.45) is 22.7 Å². The van der Waals surface area contributed by atoms with Crippen molar-refractivity contribution in [3.8, 4) is 0 Å². The molecule has 1 saturated carbocycles. The summed E-state index contributed by atoms with van der Waals surface area (Å²) >= 11 is 0. The third-order valence-corrected chi connectivity index (χ3v) is 7.56. The monoisotopic (exact) mass is 432 g/mol. The van der Waals surface area contributed by atoms with Crippen molar-refractivity contribution in [3.05, 3.63) is 35.8 Å². The molecule has 3 aliphatic rings. The average Bonchev–Trinajstić information content (AvgIpc) is 3.23. The smallest absolute Gasteiger partial charge is 0.334 e. The second kappa shape index (κ2) is 7.51. The van der Waals surface area contributed by atoms with E-state index >= 15 is 0 Å². The minimum absolute atomic E-state index is 0.326. The molecule has 2 heterocycles. The number of carbonyl (C=O) groups is 3. The van der Waals surface area contributed by atoms with E-state index in [0.717, 1.165) is 5.56 Å². The highest BCUT2D eigenvalue weighted by atomic mass is 16.6. The average molecular weight is 432 g/mol. The first-order valence-electron chi connectivity index (χ1n) is 10.5. The summed E-state index contributed by atoms with van der Waals surface area (Å²) < 4.78 is 21.3. The van der Waals surface area contributed by atoms with E-state index in [4.69, 9.17) is 18.6 Å². The zero-order valence-electron chi connectivity index (χ0n) is 18.1. The number of furan rings is 1. The fourth-order valence-electron chi connectivity index (χ4n) is 6.26. The van der Waals surface area contributed by atoms with Crippen molar-refractivity contribution in [2.75, 3.05) is 7.11 Å². The molecule has 1 aromatic heterocycles. The molecule has 1 aromatic rings. The number of rotatable bonds is 3. The quantitative estimate of drug-likeness (QED) is 0.573. The van der Waals surface area contributed by atoms with Crippen LogP contribution >= 0.6 is 0 Å². The van der Waals surface area contributed by atoms with E-state index in [1.165, 1.54) is 26.4 Å². The zero-order chi connectivity index (χ0) is 22.6. The molecule has 0 spiro atoms. The topological polar surface area (TPSA) is 112 Å². The van der Waals surface area contributed by atoms with Crippen LogP contribution in [0.2, 0.25) is 0 Å². The first-order valence-corrected chi connectivity index (χ1v) is 10.5. The van der Waals surface area contributed by atoms with Crippen LogP contribution in [-0.2, 0) is 28.6 Å². The van der Waals surface area contributed by atoms with Gasteiger partial charge in [0.2, 0.25) is 0 Å². The number of aliphatic hydroxyl groups excluding tert-OH is 1. The van der Waals surface area contributed by atoms with Gasteiger partial charge < -0.3 is 23.7 Å². The van der Waals surface area contributed by atoms with E-state index in [-0.39, 0.29) is 5.97 Å². The normalized spacial score (nSPS) is 39.5. The summed E-state index contributed by atoms with van der Waals surface area (Å²) in [6.45, 7) is 5.13. The number of aliphatic hydroxyl groups is 1. The van der Waals surface area contributed by atoms with Gasteiger partial charge >= 0.3 is 17.9 Å². The predicted molar refractivity (Wildman–Crippen MR) is 106 cm³/mol. The van der Waals surface area contributed by atoms with Gasteiger partial charge in [0.1, 0.15) is 12.2 Å². The van der Waals surface area contributed by atoms with Crippen molar-refractivity contribution in [3.63, 3.8) is 0 Å². The summed E-state index contributed by atoms with van der Waals surface area (Å²) in [7, 11) is 1.30. The number of hydrogen-bond acceptors (Lipinski definition) is 8. The Balaban J connectivity index is 1.82. The van der Waals surface area contributed by atoms with Crippen molar-refractivity contribution in [2.45, 2.75) is 58.3 Å². The van der Waals surface area contributed by atoms with Crippen molar-refractivity contribution < 1.29 is 38.1 Å². The van der Waals surface area contributed by atoms with E-state index in [1.54, 1.807) is 12.3 Å². The fraction of sp³-hybridized carbons (Fsp3) is 0.609.